The Morgan fingerprint density at radius 1 is 0.944 bits per heavy atom. The summed E-state index contributed by atoms with van der Waals surface area (Å²) < 4.78 is 5.05. The Balaban J connectivity index is 1.35. The standard InChI is InChI=1S/C29H33N3O4/c1-2-36-28(35)30-25(21-24-11-7-4-8-12-24)27(34)32-20-17-29(22-32)15-18-31(19-16-29)26(33)14-13-23-9-5-3-6-10-23/h3-12,25H,2,15-22H2,1H3,(H,30,35)/t25-/m0/s1. The van der Waals surface area contributed by atoms with Gasteiger partial charge in [0.2, 0.25) is 5.91 Å². The van der Waals surface area contributed by atoms with Crippen molar-refractivity contribution in [3.63, 3.8) is 0 Å². The van der Waals surface area contributed by atoms with Gasteiger partial charge in [0.1, 0.15) is 6.04 Å². The molecule has 1 atom stereocenters. The van der Waals surface area contributed by atoms with Gasteiger partial charge in [0.05, 0.1) is 6.61 Å². The summed E-state index contributed by atoms with van der Waals surface area (Å²) in [4.78, 5) is 41.9. The van der Waals surface area contributed by atoms with Crippen LogP contribution < -0.4 is 5.32 Å². The van der Waals surface area contributed by atoms with Crippen molar-refractivity contribution < 1.29 is 19.1 Å². The van der Waals surface area contributed by atoms with Crippen molar-refractivity contribution in [3.05, 3.63) is 71.8 Å². The van der Waals surface area contributed by atoms with Crippen molar-refractivity contribution >= 4 is 17.9 Å². The summed E-state index contributed by atoms with van der Waals surface area (Å²) in [6, 6.07) is 18.5. The van der Waals surface area contributed by atoms with Gasteiger partial charge in [0.15, 0.2) is 0 Å². The van der Waals surface area contributed by atoms with E-state index in [4.69, 9.17) is 4.74 Å². The molecule has 3 amide bonds. The van der Waals surface area contributed by atoms with Gasteiger partial charge in [-0.25, -0.2) is 4.79 Å². The molecule has 0 saturated carbocycles. The molecule has 0 unspecified atom stereocenters. The molecule has 36 heavy (non-hydrogen) atoms. The van der Waals surface area contributed by atoms with Gasteiger partial charge in [-0.3, -0.25) is 9.59 Å². The van der Waals surface area contributed by atoms with E-state index in [1.807, 2.05) is 70.5 Å². The number of hydrogen-bond acceptors (Lipinski definition) is 4. The highest BCUT2D eigenvalue weighted by Crippen LogP contribution is 2.40. The minimum Gasteiger partial charge on any atom is -0.450 e. The van der Waals surface area contributed by atoms with E-state index in [2.05, 4.69) is 17.2 Å². The lowest BCUT2D eigenvalue weighted by Crippen LogP contribution is -2.50. The second kappa shape index (κ2) is 11.8. The average molecular weight is 488 g/mol. The molecule has 2 saturated heterocycles. The monoisotopic (exact) mass is 487 g/mol. The number of amides is 3. The normalized spacial score (nSPS) is 17.1. The number of piperidine rings is 1. The van der Waals surface area contributed by atoms with Crippen LogP contribution in [0.1, 0.15) is 37.3 Å². The van der Waals surface area contributed by atoms with E-state index in [1.54, 1.807) is 6.92 Å². The predicted octanol–water partition coefficient (Wildman–Crippen LogP) is 3.24. The number of nitrogens with one attached hydrogen (secondary N) is 1. The first-order valence-corrected chi connectivity index (χ1v) is 12.6. The molecule has 0 aliphatic carbocycles. The van der Waals surface area contributed by atoms with Crippen molar-refractivity contribution in [1.82, 2.24) is 15.1 Å². The molecule has 2 aromatic rings. The summed E-state index contributed by atoms with van der Waals surface area (Å²) in [7, 11) is 0. The fourth-order valence-corrected chi connectivity index (χ4v) is 5.03. The molecule has 0 radical (unpaired) electrons. The van der Waals surface area contributed by atoms with Crippen molar-refractivity contribution in [2.24, 2.45) is 5.41 Å². The molecule has 188 valence electrons. The highest BCUT2D eigenvalue weighted by atomic mass is 16.5. The predicted molar refractivity (Wildman–Crippen MR) is 137 cm³/mol. The number of benzene rings is 2. The Labute approximate surface area is 212 Å². The molecule has 2 fully saturated rings. The number of nitrogens with zero attached hydrogens (tertiary/aromatic N) is 2. The van der Waals surface area contributed by atoms with E-state index in [0.717, 1.165) is 30.4 Å². The summed E-state index contributed by atoms with van der Waals surface area (Å²) in [6.45, 7) is 4.55. The molecule has 4 rings (SSSR count). The molecule has 1 spiro atoms. The SMILES string of the molecule is CCOC(=O)N[C@@H](Cc1ccccc1)C(=O)N1CCC2(CCN(C(=O)C#Cc3ccccc3)CC2)C1. The highest BCUT2D eigenvalue weighted by Gasteiger charge is 2.44. The van der Waals surface area contributed by atoms with E-state index in [-0.39, 0.29) is 23.8 Å². The maximum Gasteiger partial charge on any atom is 0.407 e. The van der Waals surface area contributed by atoms with E-state index in [1.165, 1.54) is 0 Å². The number of rotatable bonds is 5. The zero-order chi connectivity index (χ0) is 25.4. The van der Waals surface area contributed by atoms with Crippen molar-refractivity contribution in [2.75, 3.05) is 32.8 Å². The van der Waals surface area contributed by atoms with Crippen LogP contribution in [0.4, 0.5) is 4.79 Å². The third-order valence-electron chi connectivity index (χ3n) is 7.10. The first-order chi connectivity index (χ1) is 17.5. The zero-order valence-electron chi connectivity index (χ0n) is 20.7. The van der Waals surface area contributed by atoms with Gasteiger partial charge >= 0.3 is 6.09 Å². The lowest BCUT2D eigenvalue weighted by molar-refractivity contribution is -0.133. The number of hydrogen-bond donors (Lipinski definition) is 1. The highest BCUT2D eigenvalue weighted by molar-refractivity contribution is 5.94. The topological polar surface area (TPSA) is 79.0 Å². The van der Waals surface area contributed by atoms with Crippen LogP contribution in [0, 0.1) is 17.3 Å². The van der Waals surface area contributed by atoms with Crippen LogP contribution in [0.15, 0.2) is 60.7 Å². The van der Waals surface area contributed by atoms with Crippen LogP contribution >= 0.6 is 0 Å². The van der Waals surface area contributed by atoms with E-state index < -0.39 is 12.1 Å². The molecule has 7 heteroatoms. The van der Waals surface area contributed by atoms with Gasteiger partial charge in [-0.15, -0.1) is 0 Å². The number of ether oxygens (including phenoxy) is 1. The van der Waals surface area contributed by atoms with Gasteiger partial charge in [-0.2, -0.15) is 0 Å². The maximum atomic E-state index is 13.5. The molecule has 2 aliphatic rings. The molecular formula is C29H33N3O4. The number of alkyl carbamates (subject to hydrolysis) is 1. The van der Waals surface area contributed by atoms with Gasteiger partial charge in [-0.1, -0.05) is 54.5 Å². The van der Waals surface area contributed by atoms with E-state index in [0.29, 0.717) is 32.6 Å². The molecule has 2 aromatic carbocycles. The maximum absolute atomic E-state index is 13.5. The van der Waals surface area contributed by atoms with Crippen LogP contribution in [0.2, 0.25) is 0 Å². The molecule has 1 N–H and O–H groups in total. The van der Waals surface area contributed by atoms with E-state index >= 15 is 0 Å². The molecule has 7 nitrogen and oxygen atoms in total. The van der Waals surface area contributed by atoms with Crippen LogP contribution in [0.3, 0.4) is 0 Å². The first-order valence-electron chi connectivity index (χ1n) is 12.6. The van der Waals surface area contributed by atoms with E-state index in [9.17, 15) is 14.4 Å². The Bertz CT molecular complexity index is 1120. The molecule has 2 heterocycles. The minimum absolute atomic E-state index is 0.000519. The van der Waals surface area contributed by atoms with Gasteiger partial charge < -0.3 is 19.9 Å². The third-order valence-corrected chi connectivity index (χ3v) is 7.10. The quantitative estimate of drug-likeness (QED) is 0.657. The molecular weight excluding hydrogens is 454 g/mol. The number of carbonyl (C=O) groups is 3. The molecule has 0 bridgehead atoms. The fraction of sp³-hybridized carbons (Fsp3) is 0.414. The second-order valence-electron chi connectivity index (χ2n) is 9.53. The van der Waals surface area contributed by atoms with Gasteiger partial charge in [-0.05, 0) is 49.3 Å². The summed E-state index contributed by atoms with van der Waals surface area (Å²) in [5, 5.41) is 2.76. The lowest BCUT2D eigenvalue weighted by Gasteiger charge is -2.38. The summed E-state index contributed by atoms with van der Waals surface area (Å²) >= 11 is 0. The molecule has 0 aromatic heterocycles. The Morgan fingerprint density at radius 3 is 2.19 bits per heavy atom. The summed E-state index contributed by atoms with van der Waals surface area (Å²) in [5.74, 6) is 5.47. The van der Waals surface area contributed by atoms with Gasteiger partial charge in [0, 0.05) is 44.1 Å². The largest absolute Gasteiger partial charge is 0.450 e. The van der Waals surface area contributed by atoms with Crippen molar-refractivity contribution in [2.45, 2.75) is 38.6 Å². The fourth-order valence-electron chi connectivity index (χ4n) is 5.03. The van der Waals surface area contributed by atoms with Crippen molar-refractivity contribution in [3.8, 4) is 11.8 Å². The van der Waals surface area contributed by atoms with Crippen LogP contribution in [-0.4, -0.2) is 66.5 Å². The third kappa shape index (κ3) is 6.45. The number of likely N-dealkylation sites (tertiary alicyclic amines) is 2. The smallest absolute Gasteiger partial charge is 0.407 e. The Hall–Kier alpha value is -3.79. The molecule has 2 aliphatic heterocycles. The average Bonchev–Trinajstić information content (AvgIpc) is 3.31. The van der Waals surface area contributed by atoms with Crippen LogP contribution in [-0.2, 0) is 20.7 Å². The zero-order valence-corrected chi connectivity index (χ0v) is 20.7. The second-order valence-corrected chi connectivity index (χ2v) is 9.53. The summed E-state index contributed by atoms with van der Waals surface area (Å²) in [5.41, 5.74) is 1.80. The lowest BCUT2D eigenvalue weighted by atomic mass is 9.78. The Kier molecular flexibility index (Phi) is 8.27. The van der Waals surface area contributed by atoms with Crippen LogP contribution in [0.5, 0.6) is 0 Å². The summed E-state index contributed by atoms with van der Waals surface area (Å²) in [6.07, 6.45) is 2.40. The number of carbonyl (C=O) groups excluding carboxylic acids is 3. The van der Waals surface area contributed by atoms with Crippen LogP contribution in [0.25, 0.3) is 0 Å². The Morgan fingerprint density at radius 2 is 1.56 bits per heavy atom. The van der Waals surface area contributed by atoms with Gasteiger partial charge in [0.25, 0.3) is 5.91 Å². The first kappa shape index (κ1) is 25.3. The minimum atomic E-state index is -0.684. The van der Waals surface area contributed by atoms with Crippen molar-refractivity contribution in [1.29, 1.82) is 0 Å².